The second kappa shape index (κ2) is 3.88. The summed E-state index contributed by atoms with van der Waals surface area (Å²) in [7, 11) is 0. The molecule has 0 radical (unpaired) electrons. The van der Waals surface area contributed by atoms with E-state index in [-0.39, 0.29) is 6.04 Å². The maximum absolute atomic E-state index is 6.46. The smallest absolute Gasteiger partial charge is 0.0595 e. The van der Waals surface area contributed by atoms with Crippen LogP contribution in [-0.4, -0.2) is 0 Å². The quantitative estimate of drug-likeness (QED) is 0.860. The summed E-state index contributed by atoms with van der Waals surface area (Å²) in [5.41, 5.74) is 7.62. The molecule has 1 aromatic carbocycles. The van der Waals surface area contributed by atoms with Crippen molar-refractivity contribution in [1.29, 1.82) is 0 Å². The molecule has 1 aromatic rings. The van der Waals surface area contributed by atoms with Gasteiger partial charge in [0, 0.05) is 6.04 Å². The van der Waals surface area contributed by atoms with Crippen LogP contribution in [0.25, 0.3) is 0 Å². The molecule has 3 saturated carbocycles. The number of hydrogen-bond acceptors (Lipinski definition) is 1. The molecule has 1 nitrogen and oxygen atoms in total. The van der Waals surface area contributed by atoms with Gasteiger partial charge < -0.3 is 5.73 Å². The van der Waals surface area contributed by atoms with E-state index in [1.807, 2.05) is 18.2 Å². The van der Waals surface area contributed by atoms with Gasteiger partial charge in [-0.1, -0.05) is 29.3 Å². The molecule has 0 aromatic heterocycles. The van der Waals surface area contributed by atoms with Gasteiger partial charge in [0.05, 0.1) is 10.0 Å². The lowest BCUT2D eigenvalue weighted by molar-refractivity contribution is 0.417. The summed E-state index contributed by atoms with van der Waals surface area (Å²) in [4.78, 5) is 0. The Morgan fingerprint density at radius 2 is 1.72 bits per heavy atom. The number of hydrogen-bond donors (Lipinski definition) is 1. The molecule has 0 amide bonds. The van der Waals surface area contributed by atoms with E-state index in [0.29, 0.717) is 16.0 Å². The van der Waals surface area contributed by atoms with Crippen molar-refractivity contribution in [1.82, 2.24) is 0 Å². The topological polar surface area (TPSA) is 26.0 Å². The van der Waals surface area contributed by atoms with Gasteiger partial charge in [0.25, 0.3) is 0 Å². The molecular formula is C15H17Cl2N. The van der Waals surface area contributed by atoms with Crippen molar-refractivity contribution in [2.24, 2.45) is 35.3 Å². The van der Waals surface area contributed by atoms with E-state index in [1.165, 1.54) is 19.3 Å². The molecule has 2 bridgehead atoms. The van der Waals surface area contributed by atoms with Crippen LogP contribution in [0.15, 0.2) is 18.2 Å². The molecular weight excluding hydrogens is 265 g/mol. The van der Waals surface area contributed by atoms with Crippen LogP contribution in [0.3, 0.4) is 0 Å². The largest absolute Gasteiger partial charge is 0.324 e. The van der Waals surface area contributed by atoms with Crippen molar-refractivity contribution in [2.75, 3.05) is 0 Å². The molecule has 3 heteroatoms. The van der Waals surface area contributed by atoms with Gasteiger partial charge >= 0.3 is 0 Å². The highest BCUT2D eigenvalue weighted by Crippen LogP contribution is 2.71. The van der Waals surface area contributed by atoms with E-state index in [2.05, 4.69) is 0 Å². The molecule has 18 heavy (non-hydrogen) atoms. The fraction of sp³-hybridized carbons (Fsp3) is 0.600. The Bertz CT molecular complexity index is 485. The standard InChI is InChI=1S/C15H17Cl2N/c16-10-4-3-9(6-11(10)17)15(18)14-12-7-1-2-8(5-7)13(12)14/h3-4,6-8,12-15H,1-2,5,18H2. The highest BCUT2D eigenvalue weighted by atomic mass is 35.5. The normalized spacial score (nSPS) is 41.8. The number of benzene rings is 1. The molecule has 0 spiro atoms. The first-order valence-corrected chi connectivity index (χ1v) is 7.63. The second-order valence-corrected chi connectivity index (χ2v) is 7.08. The fourth-order valence-electron chi connectivity index (χ4n) is 4.81. The molecule has 0 saturated heterocycles. The minimum Gasteiger partial charge on any atom is -0.324 e. The average Bonchev–Trinajstić information content (AvgIpc) is 2.80. The van der Waals surface area contributed by atoms with Gasteiger partial charge in [0.15, 0.2) is 0 Å². The SMILES string of the molecule is NC(c1ccc(Cl)c(Cl)c1)C1C2C3CCC(C3)C21. The van der Waals surface area contributed by atoms with Crippen molar-refractivity contribution in [3.8, 4) is 0 Å². The van der Waals surface area contributed by atoms with Crippen LogP contribution in [0.5, 0.6) is 0 Å². The van der Waals surface area contributed by atoms with E-state index >= 15 is 0 Å². The molecule has 4 rings (SSSR count). The van der Waals surface area contributed by atoms with Crippen LogP contribution in [0, 0.1) is 29.6 Å². The van der Waals surface area contributed by atoms with Crippen molar-refractivity contribution in [2.45, 2.75) is 25.3 Å². The first-order chi connectivity index (χ1) is 8.66. The average molecular weight is 282 g/mol. The van der Waals surface area contributed by atoms with Crippen molar-refractivity contribution >= 4 is 23.2 Å². The Labute approximate surface area is 118 Å². The predicted octanol–water partition coefficient (Wildman–Crippen LogP) is 4.29. The van der Waals surface area contributed by atoms with Gasteiger partial charge in [-0.25, -0.2) is 0 Å². The van der Waals surface area contributed by atoms with E-state index in [4.69, 9.17) is 28.9 Å². The molecule has 3 fully saturated rings. The summed E-state index contributed by atoms with van der Waals surface area (Å²) in [5, 5.41) is 1.24. The molecule has 5 unspecified atom stereocenters. The first kappa shape index (κ1) is 11.6. The minimum atomic E-state index is 0.151. The highest BCUT2D eigenvalue weighted by Gasteiger charge is 2.66. The van der Waals surface area contributed by atoms with Gasteiger partial charge in [-0.05, 0) is 66.5 Å². The maximum Gasteiger partial charge on any atom is 0.0595 e. The zero-order chi connectivity index (χ0) is 12.4. The minimum absolute atomic E-state index is 0.151. The van der Waals surface area contributed by atoms with E-state index in [0.717, 1.165) is 29.2 Å². The molecule has 5 atom stereocenters. The number of nitrogens with two attached hydrogens (primary N) is 1. The Balaban J connectivity index is 1.58. The predicted molar refractivity (Wildman–Crippen MR) is 74.7 cm³/mol. The van der Waals surface area contributed by atoms with Crippen LogP contribution in [-0.2, 0) is 0 Å². The van der Waals surface area contributed by atoms with E-state index in [1.54, 1.807) is 0 Å². The van der Waals surface area contributed by atoms with Crippen LogP contribution < -0.4 is 5.73 Å². The Morgan fingerprint density at radius 1 is 1.06 bits per heavy atom. The maximum atomic E-state index is 6.46. The molecule has 3 aliphatic rings. The zero-order valence-corrected chi connectivity index (χ0v) is 11.7. The summed E-state index contributed by atoms with van der Waals surface area (Å²) in [5.74, 6) is 4.47. The Hall–Kier alpha value is -0.240. The Kier molecular flexibility index (Phi) is 2.49. The van der Waals surface area contributed by atoms with Crippen LogP contribution in [0.1, 0.15) is 30.9 Å². The van der Waals surface area contributed by atoms with Gasteiger partial charge in [-0.2, -0.15) is 0 Å². The lowest BCUT2D eigenvalue weighted by Crippen LogP contribution is -2.17. The number of rotatable bonds is 2. The van der Waals surface area contributed by atoms with Gasteiger partial charge in [0.2, 0.25) is 0 Å². The summed E-state index contributed by atoms with van der Waals surface area (Å²) in [6, 6.07) is 6.00. The lowest BCUT2D eigenvalue weighted by Gasteiger charge is -2.17. The first-order valence-electron chi connectivity index (χ1n) is 6.87. The number of fused-ring (bicyclic) bond motifs is 5. The van der Waals surface area contributed by atoms with Gasteiger partial charge in [0.1, 0.15) is 0 Å². The third-order valence-electron chi connectivity index (χ3n) is 5.54. The van der Waals surface area contributed by atoms with E-state index < -0.39 is 0 Å². The summed E-state index contributed by atoms with van der Waals surface area (Å²) in [6.07, 6.45) is 4.35. The number of halogens is 2. The summed E-state index contributed by atoms with van der Waals surface area (Å²) >= 11 is 12.0. The molecule has 0 aliphatic heterocycles. The summed E-state index contributed by atoms with van der Waals surface area (Å²) in [6.45, 7) is 0. The van der Waals surface area contributed by atoms with Crippen LogP contribution in [0.4, 0.5) is 0 Å². The molecule has 2 N–H and O–H groups in total. The van der Waals surface area contributed by atoms with E-state index in [9.17, 15) is 0 Å². The van der Waals surface area contributed by atoms with Gasteiger partial charge in [-0.3, -0.25) is 0 Å². The van der Waals surface area contributed by atoms with Crippen LogP contribution >= 0.6 is 23.2 Å². The van der Waals surface area contributed by atoms with Crippen molar-refractivity contribution in [3.05, 3.63) is 33.8 Å². The third kappa shape index (κ3) is 1.51. The van der Waals surface area contributed by atoms with Crippen molar-refractivity contribution in [3.63, 3.8) is 0 Å². The Morgan fingerprint density at radius 3 is 2.33 bits per heavy atom. The second-order valence-electron chi connectivity index (χ2n) is 6.26. The molecule has 96 valence electrons. The molecule has 3 aliphatic carbocycles. The highest BCUT2D eigenvalue weighted by molar-refractivity contribution is 6.42. The lowest BCUT2D eigenvalue weighted by atomic mass is 9.94. The van der Waals surface area contributed by atoms with Gasteiger partial charge in [-0.15, -0.1) is 0 Å². The van der Waals surface area contributed by atoms with Crippen LogP contribution in [0.2, 0.25) is 10.0 Å². The fourth-order valence-corrected chi connectivity index (χ4v) is 5.12. The third-order valence-corrected chi connectivity index (χ3v) is 6.28. The van der Waals surface area contributed by atoms with Crippen molar-refractivity contribution < 1.29 is 0 Å². The molecule has 0 heterocycles. The monoisotopic (exact) mass is 281 g/mol. The summed E-state index contributed by atoms with van der Waals surface area (Å²) < 4.78 is 0. The zero-order valence-electron chi connectivity index (χ0n) is 10.2.